The van der Waals surface area contributed by atoms with Crippen LogP contribution in [0.3, 0.4) is 0 Å². The monoisotopic (exact) mass is 403 g/mol. The third-order valence-electron chi connectivity index (χ3n) is 6.29. The van der Waals surface area contributed by atoms with Crippen molar-refractivity contribution in [3.05, 3.63) is 34.7 Å². The summed E-state index contributed by atoms with van der Waals surface area (Å²) in [7, 11) is -3.39. The van der Waals surface area contributed by atoms with Crippen LogP contribution in [0.5, 0.6) is 0 Å². The molecule has 0 spiro atoms. The number of allylic oxidation sites excluding steroid dienone is 3. The van der Waals surface area contributed by atoms with Crippen molar-refractivity contribution >= 4 is 15.9 Å². The normalized spacial score (nSPS) is 26.3. The zero-order chi connectivity index (χ0) is 20.1. The molecule has 2 atom stereocenters. The molecule has 7 nitrogen and oxygen atoms in total. The van der Waals surface area contributed by atoms with Gasteiger partial charge in [-0.05, 0) is 81.4 Å². The fourth-order valence-electron chi connectivity index (χ4n) is 4.90. The molecule has 0 aliphatic heterocycles. The van der Waals surface area contributed by atoms with Gasteiger partial charge in [0, 0.05) is 17.9 Å². The van der Waals surface area contributed by atoms with Crippen LogP contribution in [-0.4, -0.2) is 20.0 Å². The molecule has 4 rings (SSSR count). The van der Waals surface area contributed by atoms with E-state index in [0.717, 1.165) is 50.6 Å². The molecule has 152 valence electrons. The van der Waals surface area contributed by atoms with Gasteiger partial charge in [-0.1, -0.05) is 12.5 Å². The number of hydrogen-bond acceptors (Lipinski definition) is 3. The van der Waals surface area contributed by atoms with Crippen LogP contribution in [0.25, 0.3) is 0 Å². The van der Waals surface area contributed by atoms with Gasteiger partial charge in [0.1, 0.15) is 0 Å². The highest BCUT2D eigenvalue weighted by Crippen LogP contribution is 2.55. The smallest absolute Gasteiger partial charge is 0.305 e. The number of hydrogen-bond donors (Lipinski definition) is 2. The first-order valence-corrected chi connectivity index (χ1v) is 11.6. The van der Waals surface area contributed by atoms with Gasteiger partial charge < -0.3 is 5.32 Å². The molecule has 1 fully saturated rings. The third-order valence-corrected chi connectivity index (χ3v) is 7.54. The lowest BCUT2D eigenvalue weighted by Crippen LogP contribution is -2.30. The largest absolute Gasteiger partial charge is 0.354 e. The molecule has 1 aromatic heterocycles. The molecule has 1 aromatic rings. The summed E-state index contributed by atoms with van der Waals surface area (Å²) in [5, 5.41) is 13.2. The molecule has 1 heterocycles. The van der Waals surface area contributed by atoms with Crippen LogP contribution in [0.2, 0.25) is 0 Å². The average Bonchev–Trinajstić information content (AvgIpc) is 3.31. The van der Waals surface area contributed by atoms with Crippen LogP contribution in [0.15, 0.2) is 44.1 Å². The highest BCUT2D eigenvalue weighted by Gasteiger charge is 2.42. The van der Waals surface area contributed by atoms with Crippen molar-refractivity contribution in [3.63, 3.8) is 0 Å². The first-order chi connectivity index (χ1) is 13.2. The Bertz CT molecular complexity index is 1010. The van der Waals surface area contributed by atoms with Crippen molar-refractivity contribution in [3.8, 4) is 0 Å². The number of fused-ring (bicyclic) bond motifs is 1. The molecule has 0 bridgehead atoms. The second kappa shape index (κ2) is 6.84. The fourth-order valence-corrected chi connectivity index (χ4v) is 5.75. The summed E-state index contributed by atoms with van der Waals surface area (Å²) in [5.74, 6) is 0. The standard InChI is InChI=1S/C20H29N5O2S/c1-13(2)25-11-9-17(23-25)28(21,27)24-19(26)22-18-15-7-4-6-14(15)12-20(3)10-5-8-16(18)20/h9,11,13H,4-8,10,12H2,1-3H3,(H3,21,22,24,26,27). The number of rotatable bonds is 3. The van der Waals surface area contributed by atoms with E-state index in [1.54, 1.807) is 16.9 Å². The van der Waals surface area contributed by atoms with Crippen molar-refractivity contribution in [2.75, 3.05) is 0 Å². The Hall–Kier alpha value is -1.93. The van der Waals surface area contributed by atoms with E-state index < -0.39 is 15.9 Å². The highest BCUT2D eigenvalue weighted by molar-refractivity contribution is 7.91. The van der Waals surface area contributed by atoms with Crippen LogP contribution in [0.4, 0.5) is 4.79 Å². The highest BCUT2D eigenvalue weighted by atomic mass is 32.2. The third kappa shape index (κ3) is 3.33. The molecule has 1 saturated carbocycles. The fraction of sp³-hybridized carbons (Fsp3) is 0.600. The molecule has 0 saturated heterocycles. The molecule has 0 aromatic carbocycles. The maximum atomic E-state index is 12.8. The summed E-state index contributed by atoms with van der Waals surface area (Å²) in [6, 6.07) is 1.02. The van der Waals surface area contributed by atoms with Crippen molar-refractivity contribution in [2.24, 2.45) is 14.9 Å². The van der Waals surface area contributed by atoms with Gasteiger partial charge in [-0.25, -0.2) is 14.1 Å². The van der Waals surface area contributed by atoms with Crippen molar-refractivity contribution in [2.45, 2.75) is 76.8 Å². The van der Waals surface area contributed by atoms with Gasteiger partial charge in [-0.3, -0.25) is 4.68 Å². The van der Waals surface area contributed by atoms with E-state index in [1.165, 1.54) is 16.7 Å². The predicted octanol–water partition coefficient (Wildman–Crippen LogP) is 4.20. The summed E-state index contributed by atoms with van der Waals surface area (Å²) in [6.45, 7) is 6.22. The van der Waals surface area contributed by atoms with Gasteiger partial charge >= 0.3 is 6.03 Å². The minimum Gasteiger partial charge on any atom is -0.305 e. The SMILES string of the molecule is CC(C)n1ccc(S(N)(=O)=NC(=O)NC2=C3CCCC3(C)CC3=C2CCC3)n1. The Balaban J connectivity index is 1.64. The number of nitrogens with one attached hydrogen (secondary N) is 1. The summed E-state index contributed by atoms with van der Waals surface area (Å²) in [5.41, 5.74) is 5.12. The van der Waals surface area contributed by atoms with E-state index >= 15 is 0 Å². The van der Waals surface area contributed by atoms with E-state index in [9.17, 15) is 9.00 Å². The number of aromatic nitrogens is 2. The molecular weight excluding hydrogens is 374 g/mol. The molecule has 2 amide bonds. The van der Waals surface area contributed by atoms with Crippen molar-refractivity contribution in [1.82, 2.24) is 15.1 Å². The predicted molar refractivity (Wildman–Crippen MR) is 109 cm³/mol. The van der Waals surface area contributed by atoms with Crippen molar-refractivity contribution < 1.29 is 9.00 Å². The Morgan fingerprint density at radius 3 is 2.86 bits per heavy atom. The summed E-state index contributed by atoms with van der Waals surface area (Å²) in [4.78, 5) is 12.7. The second-order valence-corrected chi connectivity index (χ2v) is 10.4. The maximum Gasteiger partial charge on any atom is 0.354 e. The van der Waals surface area contributed by atoms with Crippen LogP contribution >= 0.6 is 0 Å². The average molecular weight is 404 g/mol. The topological polar surface area (TPSA) is 102 Å². The number of amides is 2. The number of carbonyl (C=O) groups is 1. The minimum atomic E-state index is -3.39. The molecule has 3 aliphatic carbocycles. The van der Waals surface area contributed by atoms with Crippen LogP contribution < -0.4 is 10.5 Å². The summed E-state index contributed by atoms with van der Waals surface area (Å²) in [6.07, 6.45) is 9.32. The van der Waals surface area contributed by atoms with Gasteiger partial charge in [0.2, 0.25) is 0 Å². The lowest BCUT2D eigenvalue weighted by Gasteiger charge is -2.34. The first kappa shape index (κ1) is 19.4. The Labute approximate surface area is 166 Å². The Kier molecular flexibility index (Phi) is 4.74. The molecule has 2 unspecified atom stereocenters. The van der Waals surface area contributed by atoms with Gasteiger partial charge in [-0.15, -0.1) is 4.36 Å². The molecule has 8 heteroatoms. The molecule has 28 heavy (non-hydrogen) atoms. The quantitative estimate of drug-likeness (QED) is 0.790. The molecule has 3 N–H and O–H groups in total. The lowest BCUT2D eigenvalue weighted by molar-refractivity contribution is 0.251. The zero-order valence-electron chi connectivity index (χ0n) is 16.8. The first-order valence-electron chi connectivity index (χ1n) is 10.1. The second-order valence-electron chi connectivity index (χ2n) is 8.70. The van der Waals surface area contributed by atoms with Crippen molar-refractivity contribution in [1.29, 1.82) is 0 Å². The minimum absolute atomic E-state index is 0.111. The van der Waals surface area contributed by atoms with Gasteiger partial charge in [0.25, 0.3) is 0 Å². The van der Waals surface area contributed by atoms with Gasteiger partial charge in [-0.2, -0.15) is 5.10 Å². The Morgan fingerprint density at radius 2 is 2.14 bits per heavy atom. The van der Waals surface area contributed by atoms with E-state index in [2.05, 4.69) is 21.7 Å². The van der Waals surface area contributed by atoms with Gasteiger partial charge in [0.05, 0.1) is 0 Å². The van der Waals surface area contributed by atoms with Crippen LogP contribution in [0, 0.1) is 5.41 Å². The van der Waals surface area contributed by atoms with Gasteiger partial charge in [0.15, 0.2) is 14.9 Å². The maximum absolute atomic E-state index is 12.8. The Morgan fingerprint density at radius 1 is 1.36 bits per heavy atom. The summed E-state index contributed by atoms with van der Waals surface area (Å²) < 4.78 is 18.3. The van der Waals surface area contributed by atoms with E-state index in [-0.39, 0.29) is 16.5 Å². The molecule has 0 radical (unpaired) electrons. The molecular formula is C20H29N5O2S. The van der Waals surface area contributed by atoms with Crippen LogP contribution in [0.1, 0.15) is 71.8 Å². The lowest BCUT2D eigenvalue weighted by atomic mass is 9.72. The number of urea groups is 1. The number of nitrogens with two attached hydrogens (primary N) is 1. The number of nitrogens with zero attached hydrogens (tertiary/aromatic N) is 3. The summed E-state index contributed by atoms with van der Waals surface area (Å²) >= 11 is 0. The van der Waals surface area contributed by atoms with Crippen LogP contribution in [-0.2, 0) is 9.92 Å². The zero-order valence-corrected chi connectivity index (χ0v) is 17.6. The van der Waals surface area contributed by atoms with E-state index in [1.807, 2.05) is 13.8 Å². The van der Waals surface area contributed by atoms with E-state index in [0.29, 0.717) is 0 Å². The molecule has 3 aliphatic rings. The van der Waals surface area contributed by atoms with E-state index in [4.69, 9.17) is 5.14 Å². The number of carbonyl (C=O) groups excluding carboxylic acids is 1.